The number of hydrogen-bond acceptors (Lipinski definition) is 4. The second-order valence-electron chi connectivity index (χ2n) is 5.74. The maximum Gasteiger partial charge on any atom is 0.269 e. The summed E-state index contributed by atoms with van der Waals surface area (Å²) in [7, 11) is 0. The van der Waals surface area contributed by atoms with Crippen LogP contribution < -0.4 is 5.32 Å². The number of hydrogen-bond donors (Lipinski definition) is 1. The Morgan fingerprint density at radius 1 is 1.23 bits per heavy atom. The highest BCUT2D eigenvalue weighted by Gasteiger charge is 2.17. The van der Waals surface area contributed by atoms with E-state index in [0.29, 0.717) is 5.56 Å². The zero-order valence-corrected chi connectivity index (χ0v) is 14.4. The first-order valence-corrected chi connectivity index (χ1v) is 8.27. The normalized spacial score (nSPS) is 12.1. The highest BCUT2D eigenvalue weighted by molar-refractivity contribution is 6.01. The summed E-state index contributed by atoms with van der Waals surface area (Å²) in [5, 5.41) is 22.9. The van der Waals surface area contributed by atoms with Gasteiger partial charge in [-0.2, -0.15) is 5.26 Å². The van der Waals surface area contributed by atoms with E-state index >= 15 is 0 Å². The lowest BCUT2D eigenvalue weighted by atomic mass is 10.0. The zero-order chi connectivity index (χ0) is 18.9. The van der Waals surface area contributed by atoms with E-state index in [1.807, 2.05) is 43.3 Å². The van der Waals surface area contributed by atoms with Crippen molar-refractivity contribution in [1.82, 2.24) is 5.32 Å². The van der Waals surface area contributed by atoms with Gasteiger partial charge in [-0.1, -0.05) is 43.7 Å². The van der Waals surface area contributed by atoms with Crippen LogP contribution in [0.5, 0.6) is 0 Å². The maximum absolute atomic E-state index is 12.5. The molecule has 0 bridgehead atoms. The number of nitrogens with one attached hydrogen (secondary N) is 1. The highest BCUT2D eigenvalue weighted by atomic mass is 16.6. The summed E-state index contributed by atoms with van der Waals surface area (Å²) >= 11 is 0. The van der Waals surface area contributed by atoms with Crippen LogP contribution in [0.15, 0.2) is 60.2 Å². The van der Waals surface area contributed by atoms with Crippen molar-refractivity contribution >= 4 is 17.7 Å². The first-order chi connectivity index (χ1) is 12.5. The fourth-order valence-electron chi connectivity index (χ4n) is 2.54. The predicted molar refractivity (Wildman–Crippen MR) is 98.9 cm³/mol. The van der Waals surface area contributed by atoms with Crippen molar-refractivity contribution in [2.45, 2.75) is 25.8 Å². The average molecular weight is 349 g/mol. The first kappa shape index (κ1) is 18.9. The average Bonchev–Trinajstić information content (AvgIpc) is 2.66. The minimum atomic E-state index is -0.499. The number of rotatable bonds is 7. The van der Waals surface area contributed by atoms with Gasteiger partial charge in [-0.3, -0.25) is 14.9 Å². The third-order valence-electron chi connectivity index (χ3n) is 3.86. The number of benzene rings is 2. The van der Waals surface area contributed by atoms with E-state index in [1.54, 1.807) is 0 Å². The van der Waals surface area contributed by atoms with Crippen LogP contribution in [0.2, 0.25) is 0 Å². The molecule has 0 aliphatic rings. The molecule has 0 fully saturated rings. The molecule has 26 heavy (non-hydrogen) atoms. The molecule has 0 unspecified atom stereocenters. The lowest BCUT2D eigenvalue weighted by Crippen LogP contribution is -2.29. The van der Waals surface area contributed by atoms with E-state index < -0.39 is 10.8 Å². The largest absolute Gasteiger partial charge is 0.345 e. The molecule has 0 saturated carbocycles. The molecule has 1 amide bonds. The predicted octanol–water partition coefficient (Wildman–Crippen LogP) is 4.16. The van der Waals surface area contributed by atoms with Gasteiger partial charge in [0.25, 0.3) is 11.6 Å². The Hall–Kier alpha value is -3.46. The molecule has 0 radical (unpaired) electrons. The second-order valence-corrected chi connectivity index (χ2v) is 5.74. The SMILES string of the molecule is CCC[C@H](NC(=O)/C(C#N)=C/c1ccc([N+](=O)[O-])cc1)c1ccccc1. The Balaban J connectivity index is 2.19. The van der Waals surface area contributed by atoms with E-state index in [1.165, 1.54) is 30.3 Å². The number of nitro groups is 1. The third kappa shape index (κ3) is 5.02. The van der Waals surface area contributed by atoms with Gasteiger partial charge in [0, 0.05) is 12.1 Å². The van der Waals surface area contributed by atoms with Gasteiger partial charge in [0.2, 0.25) is 0 Å². The molecule has 2 rings (SSSR count). The number of carbonyl (C=O) groups is 1. The topological polar surface area (TPSA) is 96.0 Å². The van der Waals surface area contributed by atoms with Crippen LogP contribution >= 0.6 is 0 Å². The van der Waals surface area contributed by atoms with Crippen LogP contribution in [0.1, 0.15) is 36.9 Å². The van der Waals surface area contributed by atoms with E-state index in [-0.39, 0.29) is 17.3 Å². The summed E-state index contributed by atoms with van der Waals surface area (Å²) in [6, 6.07) is 17.0. The number of amides is 1. The Kier molecular flexibility index (Phi) is 6.63. The van der Waals surface area contributed by atoms with E-state index in [2.05, 4.69) is 5.32 Å². The lowest BCUT2D eigenvalue weighted by molar-refractivity contribution is -0.384. The molecule has 2 aromatic rings. The molecule has 0 aliphatic heterocycles. The quantitative estimate of drug-likeness (QED) is 0.351. The summed E-state index contributed by atoms with van der Waals surface area (Å²) in [5.74, 6) is -0.465. The van der Waals surface area contributed by atoms with Crippen LogP contribution in [0, 0.1) is 21.4 Å². The Morgan fingerprint density at radius 3 is 2.42 bits per heavy atom. The van der Waals surface area contributed by atoms with Gasteiger partial charge in [0.15, 0.2) is 0 Å². The Bertz CT molecular complexity index is 837. The zero-order valence-electron chi connectivity index (χ0n) is 14.4. The van der Waals surface area contributed by atoms with Crippen molar-refractivity contribution in [3.63, 3.8) is 0 Å². The van der Waals surface area contributed by atoms with E-state index in [0.717, 1.165) is 18.4 Å². The molecule has 0 aliphatic carbocycles. The molecule has 0 heterocycles. The Morgan fingerprint density at radius 2 is 1.88 bits per heavy atom. The number of nitro benzene ring substituents is 1. The van der Waals surface area contributed by atoms with Crippen LogP contribution in [0.3, 0.4) is 0 Å². The molecule has 0 saturated heterocycles. The summed E-state index contributed by atoms with van der Waals surface area (Å²) in [5.41, 5.74) is 1.44. The summed E-state index contributed by atoms with van der Waals surface area (Å²) in [6.07, 6.45) is 3.06. The molecule has 132 valence electrons. The summed E-state index contributed by atoms with van der Waals surface area (Å²) in [6.45, 7) is 2.03. The smallest absolute Gasteiger partial charge is 0.269 e. The second kappa shape index (κ2) is 9.14. The van der Waals surface area contributed by atoms with Gasteiger partial charge in [0.1, 0.15) is 11.6 Å². The van der Waals surface area contributed by atoms with Crippen molar-refractivity contribution < 1.29 is 9.72 Å². The molecule has 1 atom stereocenters. The molecule has 2 aromatic carbocycles. The fourth-order valence-corrected chi connectivity index (χ4v) is 2.54. The minimum absolute atomic E-state index is 0.0443. The van der Waals surface area contributed by atoms with Gasteiger partial charge in [0.05, 0.1) is 11.0 Å². The molecular formula is C20H19N3O3. The van der Waals surface area contributed by atoms with Crippen LogP contribution in [0.4, 0.5) is 5.69 Å². The van der Waals surface area contributed by atoms with Gasteiger partial charge in [-0.25, -0.2) is 0 Å². The van der Waals surface area contributed by atoms with E-state index in [9.17, 15) is 20.2 Å². The van der Waals surface area contributed by atoms with Crippen LogP contribution in [-0.2, 0) is 4.79 Å². The van der Waals surface area contributed by atoms with Gasteiger partial charge >= 0.3 is 0 Å². The van der Waals surface area contributed by atoms with Crippen molar-refractivity contribution in [1.29, 1.82) is 5.26 Å². The molecule has 1 N–H and O–H groups in total. The first-order valence-electron chi connectivity index (χ1n) is 8.27. The molecule has 6 nitrogen and oxygen atoms in total. The minimum Gasteiger partial charge on any atom is -0.345 e. The maximum atomic E-state index is 12.5. The van der Waals surface area contributed by atoms with Crippen molar-refractivity contribution in [2.75, 3.05) is 0 Å². The summed E-state index contributed by atoms with van der Waals surface area (Å²) in [4.78, 5) is 22.7. The standard InChI is InChI=1S/C20H19N3O3/c1-2-6-19(16-7-4-3-5-8-16)22-20(24)17(14-21)13-15-9-11-18(12-10-15)23(25)26/h3-5,7-13,19H,2,6H2,1H3,(H,22,24)/b17-13+/t19-/m0/s1. The number of nitrogens with zero attached hydrogens (tertiary/aromatic N) is 2. The number of non-ortho nitro benzene ring substituents is 1. The summed E-state index contributed by atoms with van der Waals surface area (Å²) < 4.78 is 0. The fraction of sp³-hybridized carbons (Fsp3) is 0.200. The van der Waals surface area contributed by atoms with Gasteiger partial charge < -0.3 is 5.32 Å². The Labute approximate surface area is 151 Å². The van der Waals surface area contributed by atoms with Gasteiger partial charge in [-0.05, 0) is 35.8 Å². The van der Waals surface area contributed by atoms with Crippen molar-refractivity contribution in [3.8, 4) is 6.07 Å². The monoisotopic (exact) mass is 349 g/mol. The highest BCUT2D eigenvalue weighted by Crippen LogP contribution is 2.19. The third-order valence-corrected chi connectivity index (χ3v) is 3.86. The van der Waals surface area contributed by atoms with Crippen molar-refractivity contribution in [2.24, 2.45) is 0 Å². The lowest BCUT2D eigenvalue weighted by Gasteiger charge is -2.18. The number of carbonyl (C=O) groups excluding carboxylic acids is 1. The number of nitriles is 1. The molecule has 6 heteroatoms. The van der Waals surface area contributed by atoms with Crippen molar-refractivity contribution in [3.05, 3.63) is 81.4 Å². The van der Waals surface area contributed by atoms with E-state index in [4.69, 9.17) is 0 Å². The van der Waals surface area contributed by atoms with Crippen LogP contribution in [-0.4, -0.2) is 10.8 Å². The molecular weight excluding hydrogens is 330 g/mol. The molecule has 0 aromatic heterocycles. The molecule has 0 spiro atoms. The van der Waals surface area contributed by atoms with Crippen LogP contribution in [0.25, 0.3) is 6.08 Å². The van der Waals surface area contributed by atoms with Gasteiger partial charge in [-0.15, -0.1) is 0 Å².